The summed E-state index contributed by atoms with van der Waals surface area (Å²) in [5, 5.41) is 10.5. The molecule has 0 radical (unpaired) electrons. The van der Waals surface area contributed by atoms with Gasteiger partial charge in [-0.3, -0.25) is 0 Å². The molecule has 2 heteroatoms. The SMILES string of the molecule is CCC1CCCC(C(O)C2(C)CCCO2)C1. The first-order chi connectivity index (χ1) is 7.65. The van der Waals surface area contributed by atoms with Crippen molar-refractivity contribution in [2.45, 2.75) is 70.5 Å². The maximum absolute atomic E-state index is 10.5. The molecule has 2 rings (SSSR count). The van der Waals surface area contributed by atoms with Crippen LogP contribution >= 0.6 is 0 Å². The van der Waals surface area contributed by atoms with Crippen LogP contribution in [-0.2, 0) is 4.74 Å². The summed E-state index contributed by atoms with van der Waals surface area (Å²) in [7, 11) is 0. The van der Waals surface area contributed by atoms with Crippen molar-refractivity contribution in [2.75, 3.05) is 6.61 Å². The van der Waals surface area contributed by atoms with Crippen molar-refractivity contribution in [1.82, 2.24) is 0 Å². The van der Waals surface area contributed by atoms with Gasteiger partial charge in [-0.15, -0.1) is 0 Å². The number of aliphatic hydroxyl groups is 1. The van der Waals surface area contributed by atoms with Gasteiger partial charge in [0.1, 0.15) is 0 Å². The molecule has 0 aromatic carbocycles. The molecule has 0 amide bonds. The van der Waals surface area contributed by atoms with Gasteiger partial charge in [-0.05, 0) is 44.4 Å². The molecule has 0 bridgehead atoms. The number of rotatable bonds is 3. The Bertz CT molecular complexity index is 221. The lowest BCUT2D eigenvalue weighted by molar-refractivity contribution is -0.110. The molecule has 4 unspecified atom stereocenters. The fraction of sp³-hybridized carbons (Fsp3) is 1.00. The van der Waals surface area contributed by atoms with Crippen LogP contribution in [-0.4, -0.2) is 23.4 Å². The third-order valence-corrected chi connectivity index (χ3v) is 4.72. The molecule has 1 aliphatic heterocycles. The molecule has 4 atom stereocenters. The molecule has 2 aliphatic rings. The minimum Gasteiger partial charge on any atom is -0.390 e. The van der Waals surface area contributed by atoms with Crippen LogP contribution in [0.4, 0.5) is 0 Å². The maximum atomic E-state index is 10.5. The van der Waals surface area contributed by atoms with Crippen LogP contribution in [0.1, 0.15) is 58.8 Å². The molecule has 0 aromatic rings. The van der Waals surface area contributed by atoms with Crippen LogP contribution in [0.15, 0.2) is 0 Å². The molecule has 0 aromatic heterocycles. The number of hydrogen-bond acceptors (Lipinski definition) is 2. The summed E-state index contributed by atoms with van der Waals surface area (Å²) in [6.07, 6.45) is 8.20. The van der Waals surface area contributed by atoms with Crippen molar-refractivity contribution >= 4 is 0 Å². The van der Waals surface area contributed by atoms with Gasteiger partial charge in [0.05, 0.1) is 11.7 Å². The van der Waals surface area contributed by atoms with Crippen molar-refractivity contribution in [1.29, 1.82) is 0 Å². The van der Waals surface area contributed by atoms with Gasteiger partial charge < -0.3 is 9.84 Å². The van der Waals surface area contributed by atoms with Gasteiger partial charge in [0.15, 0.2) is 0 Å². The number of aliphatic hydroxyl groups excluding tert-OH is 1. The standard InChI is InChI=1S/C14H26O2/c1-3-11-6-4-7-12(10-11)13(15)14(2)8-5-9-16-14/h11-13,15H,3-10H2,1-2H3. The van der Waals surface area contributed by atoms with E-state index in [9.17, 15) is 5.11 Å². The highest BCUT2D eigenvalue weighted by Gasteiger charge is 2.42. The van der Waals surface area contributed by atoms with Crippen molar-refractivity contribution in [3.05, 3.63) is 0 Å². The summed E-state index contributed by atoms with van der Waals surface area (Å²) >= 11 is 0. The zero-order chi connectivity index (χ0) is 11.6. The maximum Gasteiger partial charge on any atom is 0.0915 e. The first-order valence-electron chi connectivity index (χ1n) is 6.97. The molecular weight excluding hydrogens is 200 g/mol. The Morgan fingerprint density at radius 1 is 1.38 bits per heavy atom. The summed E-state index contributed by atoms with van der Waals surface area (Å²) in [5.41, 5.74) is -0.250. The van der Waals surface area contributed by atoms with Gasteiger partial charge in [0.25, 0.3) is 0 Å². The minimum absolute atomic E-state index is 0.246. The molecule has 1 N–H and O–H groups in total. The quantitative estimate of drug-likeness (QED) is 0.801. The summed E-state index contributed by atoms with van der Waals surface area (Å²) in [6, 6.07) is 0. The van der Waals surface area contributed by atoms with E-state index < -0.39 is 0 Å². The van der Waals surface area contributed by atoms with E-state index in [-0.39, 0.29) is 11.7 Å². The lowest BCUT2D eigenvalue weighted by Crippen LogP contribution is -2.45. The number of hydrogen-bond donors (Lipinski definition) is 1. The van der Waals surface area contributed by atoms with Crippen molar-refractivity contribution in [3.8, 4) is 0 Å². The Labute approximate surface area is 99.4 Å². The predicted octanol–water partition coefficient (Wildman–Crippen LogP) is 3.13. The van der Waals surface area contributed by atoms with Crippen molar-refractivity contribution in [2.24, 2.45) is 11.8 Å². The van der Waals surface area contributed by atoms with E-state index in [0.717, 1.165) is 25.4 Å². The average Bonchev–Trinajstić information content (AvgIpc) is 2.76. The van der Waals surface area contributed by atoms with E-state index in [1.54, 1.807) is 0 Å². The highest BCUT2D eigenvalue weighted by Crippen LogP contribution is 2.39. The Kier molecular flexibility index (Phi) is 3.91. The third kappa shape index (κ3) is 2.43. The highest BCUT2D eigenvalue weighted by atomic mass is 16.5. The Hall–Kier alpha value is -0.0800. The fourth-order valence-electron chi connectivity index (χ4n) is 3.52. The number of ether oxygens (including phenoxy) is 1. The lowest BCUT2D eigenvalue weighted by atomic mass is 9.73. The van der Waals surface area contributed by atoms with E-state index in [1.807, 2.05) is 0 Å². The zero-order valence-electron chi connectivity index (χ0n) is 10.7. The molecular formula is C14H26O2. The summed E-state index contributed by atoms with van der Waals surface area (Å²) in [4.78, 5) is 0. The van der Waals surface area contributed by atoms with Gasteiger partial charge in [0.2, 0.25) is 0 Å². The third-order valence-electron chi connectivity index (χ3n) is 4.72. The second-order valence-electron chi connectivity index (χ2n) is 5.91. The Morgan fingerprint density at radius 2 is 2.19 bits per heavy atom. The lowest BCUT2D eigenvalue weighted by Gasteiger charge is -2.39. The van der Waals surface area contributed by atoms with E-state index in [4.69, 9.17) is 4.74 Å². The van der Waals surface area contributed by atoms with Crippen LogP contribution in [0, 0.1) is 11.8 Å². The largest absolute Gasteiger partial charge is 0.390 e. The zero-order valence-corrected chi connectivity index (χ0v) is 10.7. The molecule has 2 nitrogen and oxygen atoms in total. The minimum atomic E-state index is -0.250. The van der Waals surface area contributed by atoms with Gasteiger partial charge in [-0.1, -0.05) is 26.2 Å². The first-order valence-corrected chi connectivity index (χ1v) is 6.97. The van der Waals surface area contributed by atoms with Gasteiger partial charge in [-0.25, -0.2) is 0 Å². The molecule has 0 spiro atoms. The second kappa shape index (κ2) is 5.05. The smallest absolute Gasteiger partial charge is 0.0915 e. The van der Waals surface area contributed by atoms with Crippen molar-refractivity contribution in [3.63, 3.8) is 0 Å². The summed E-state index contributed by atoms with van der Waals surface area (Å²) in [6.45, 7) is 5.20. The van der Waals surface area contributed by atoms with Crippen LogP contribution in [0.3, 0.4) is 0 Å². The van der Waals surface area contributed by atoms with Gasteiger partial charge in [-0.2, -0.15) is 0 Å². The Balaban J connectivity index is 1.95. The second-order valence-corrected chi connectivity index (χ2v) is 5.91. The normalized spacial score (nSPS) is 42.2. The molecule has 1 saturated heterocycles. The van der Waals surface area contributed by atoms with Crippen LogP contribution in [0.25, 0.3) is 0 Å². The average molecular weight is 226 g/mol. The van der Waals surface area contributed by atoms with E-state index >= 15 is 0 Å². The predicted molar refractivity (Wildman–Crippen MR) is 65.3 cm³/mol. The fourth-order valence-corrected chi connectivity index (χ4v) is 3.52. The molecule has 1 heterocycles. The van der Waals surface area contributed by atoms with E-state index in [2.05, 4.69) is 13.8 Å². The molecule has 94 valence electrons. The van der Waals surface area contributed by atoms with Gasteiger partial charge in [0, 0.05) is 6.61 Å². The Morgan fingerprint density at radius 3 is 2.81 bits per heavy atom. The van der Waals surface area contributed by atoms with E-state index in [1.165, 1.54) is 32.1 Å². The molecule has 1 saturated carbocycles. The first kappa shape index (κ1) is 12.4. The monoisotopic (exact) mass is 226 g/mol. The molecule has 2 fully saturated rings. The topological polar surface area (TPSA) is 29.5 Å². The van der Waals surface area contributed by atoms with Gasteiger partial charge >= 0.3 is 0 Å². The highest BCUT2D eigenvalue weighted by molar-refractivity contribution is 4.93. The van der Waals surface area contributed by atoms with Crippen LogP contribution < -0.4 is 0 Å². The van der Waals surface area contributed by atoms with Crippen LogP contribution in [0.2, 0.25) is 0 Å². The van der Waals surface area contributed by atoms with Crippen molar-refractivity contribution < 1.29 is 9.84 Å². The molecule has 1 aliphatic carbocycles. The van der Waals surface area contributed by atoms with Crippen LogP contribution in [0.5, 0.6) is 0 Å². The summed E-state index contributed by atoms with van der Waals surface area (Å²) in [5.74, 6) is 1.31. The molecule has 16 heavy (non-hydrogen) atoms. The van der Waals surface area contributed by atoms with E-state index in [0.29, 0.717) is 5.92 Å². The summed E-state index contributed by atoms with van der Waals surface area (Å²) < 4.78 is 5.77.